The average molecular weight is 288 g/mol. The molecule has 114 valence electrons. The zero-order chi connectivity index (χ0) is 15.4. The molecule has 1 atom stereocenters. The van der Waals surface area contributed by atoms with Gasteiger partial charge >= 0.3 is 0 Å². The zero-order valence-electron chi connectivity index (χ0n) is 12.9. The predicted molar refractivity (Wildman–Crippen MR) is 83.3 cm³/mol. The number of benzene rings is 1. The summed E-state index contributed by atoms with van der Waals surface area (Å²) < 4.78 is 0. The van der Waals surface area contributed by atoms with Crippen LogP contribution in [0.1, 0.15) is 47.2 Å². The molecule has 1 amide bonds. The molecular weight excluding hydrogens is 264 g/mol. The second-order valence-electron chi connectivity index (χ2n) is 5.98. The first-order valence-electron chi connectivity index (χ1n) is 7.61. The summed E-state index contributed by atoms with van der Waals surface area (Å²) in [6, 6.07) is 5.93. The fourth-order valence-corrected chi connectivity index (χ4v) is 2.79. The summed E-state index contributed by atoms with van der Waals surface area (Å²) in [7, 11) is 0. The van der Waals surface area contributed by atoms with Crippen LogP contribution >= 0.6 is 0 Å². The number of ketones is 1. The number of amides is 1. The summed E-state index contributed by atoms with van der Waals surface area (Å²) in [4.78, 5) is 26.2. The Morgan fingerprint density at radius 2 is 2.05 bits per heavy atom. The highest BCUT2D eigenvalue weighted by molar-refractivity contribution is 5.99. The molecule has 0 aliphatic carbocycles. The Bertz CT molecular complexity index is 540. The molecule has 4 nitrogen and oxygen atoms in total. The number of piperidine rings is 1. The summed E-state index contributed by atoms with van der Waals surface area (Å²) in [5.74, 6) is 0.0923. The molecule has 1 fully saturated rings. The van der Waals surface area contributed by atoms with Crippen LogP contribution in [0.2, 0.25) is 0 Å². The summed E-state index contributed by atoms with van der Waals surface area (Å²) in [5.41, 5.74) is 8.66. The van der Waals surface area contributed by atoms with Crippen molar-refractivity contribution in [3.05, 3.63) is 34.9 Å². The van der Waals surface area contributed by atoms with Gasteiger partial charge in [-0.15, -0.1) is 0 Å². The van der Waals surface area contributed by atoms with Crippen LogP contribution in [0.4, 0.5) is 0 Å². The molecule has 2 N–H and O–H groups in total. The van der Waals surface area contributed by atoms with E-state index in [1.807, 2.05) is 32.0 Å². The quantitative estimate of drug-likeness (QED) is 0.864. The van der Waals surface area contributed by atoms with Crippen LogP contribution in [-0.2, 0) is 4.79 Å². The van der Waals surface area contributed by atoms with Gasteiger partial charge in [-0.3, -0.25) is 9.59 Å². The number of carbonyl (C=O) groups is 2. The number of aryl methyl sites for hydroxylation is 2. The van der Waals surface area contributed by atoms with E-state index in [4.69, 9.17) is 5.73 Å². The Kier molecular flexibility index (Phi) is 5.12. The lowest BCUT2D eigenvalue weighted by Gasteiger charge is -2.30. The van der Waals surface area contributed by atoms with Crippen LogP contribution in [0.25, 0.3) is 0 Å². The Morgan fingerprint density at radius 3 is 2.76 bits per heavy atom. The van der Waals surface area contributed by atoms with Gasteiger partial charge in [0.25, 0.3) is 0 Å². The van der Waals surface area contributed by atoms with Crippen molar-refractivity contribution in [3.8, 4) is 0 Å². The standard InChI is InChI=1S/C17H24N2O2/c1-12-5-6-13(2)15(10-12)16(20)7-8-17(21)19-9-3-4-14(18)11-19/h5-6,10,14H,3-4,7-9,11,18H2,1-2H3. The molecule has 0 bridgehead atoms. The molecule has 1 aliphatic rings. The van der Waals surface area contributed by atoms with Gasteiger partial charge in [0, 0.05) is 37.5 Å². The molecule has 0 radical (unpaired) electrons. The van der Waals surface area contributed by atoms with Crippen LogP contribution in [0.5, 0.6) is 0 Å². The van der Waals surface area contributed by atoms with E-state index in [0.717, 1.165) is 36.1 Å². The van der Waals surface area contributed by atoms with Crippen molar-refractivity contribution in [1.29, 1.82) is 0 Å². The molecule has 1 aromatic rings. The molecule has 0 aromatic heterocycles. The molecule has 0 saturated carbocycles. The molecule has 0 spiro atoms. The molecule has 1 saturated heterocycles. The van der Waals surface area contributed by atoms with Gasteiger partial charge in [-0.25, -0.2) is 0 Å². The van der Waals surface area contributed by atoms with E-state index in [-0.39, 0.29) is 30.6 Å². The van der Waals surface area contributed by atoms with Gasteiger partial charge in [-0.05, 0) is 38.3 Å². The summed E-state index contributed by atoms with van der Waals surface area (Å²) in [6.07, 6.45) is 2.48. The number of nitrogens with zero attached hydrogens (tertiary/aromatic N) is 1. The number of carbonyl (C=O) groups excluding carboxylic acids is 2. The number of Topliss-reactive ketones (excluding diaryl/α,β-unsaturated/α-hetero) is 1. The molecule has 4 heteroatoms. The third kappa shape index (κ3) is 4.14. The highest BCUT2D eigenvalue weighted by atomic mass is 16.2. The fourth-order valence-electron chi connectivity index (χ4n) is 2.79. The summed E-state index contributed by atoms with van der Waals surface area (Å²) >= 11 is 0. The maximum absolute atomic E-state index is 12.3. The van der Waals surface area contributed by atoms with Crippen LogP contribution in [0, 0.1) is 13.8 Å². The van der Waals surface area contributed by atoms with E-state index in [1.165, 1.54) is 0 Å². The van der Waals surface area contributed by atoms with Gasteiger partial charge in [0.2, 0.25) is 5.91 Å². The number of rotatable bonds is 4. The van der Waals surface area contributed by atoms with Crippen molar-refractivity contribution in [2.45, 2.75) is 45.6 Å². The fraction of sp³-hybridized carbons (Fsp3) is 0.529. The van der Waals surface area contributed by atoms with E-state index >= 15 is 0 Å². The maximum Gasteiger partial charge on any atom is 0.223 e. The largest absolute Gasteiger partial charge is 0.341 e. The molecule has 2 rings (SSSR count). The van der Waals surface area contributed by atoms with Crippen molar-refractivity contribution in [2.75, 3.05) is 13.1 Å². The minimum atomic E-state index is 0.0452. The Balaban J connectivity index is 1.91. The highest BCUT2D eigenvalue weighted by Crippen LogP contribution is 2.15. The highest BCUT2D eigenvalue weighted by Gasteiger charge is 2.22. The minimum absolute atomic E-state index is 0.0452. The van der Waals surface area contributed by atoms with Crippen molar-refractivity contribution >= 4 is 11.7 Å². The maximum atomic E-state index is 12.3. The summed E-state index contributed by atoms with van der Waals surface area (Å²) in [6.45, 7) is 5.29. The SMILES string of the molecule is Cc1ccc(C)c(C(=O)CCC(=O)N2CCCC(N)C2)c1. The zero-order valence-corrected chi connectivity index (χ0v) is 12.9. The lowest BCUT2D eigenvalue weighted by Crippen LogP contribution is -2.45. The first-order chi connectivity index (χ1) is 9.97. The second kappa shape index (κ2) is 6.85. The van der Waals surface area contributed by atoms with E-state index in [1.54, 1.807) is 4.90 Å². The van der Waals surface area contributed by atoms with Gasteiger partial charge in [0.05, 0.1) is 0 Å². The Labute approximate surface area is 126 Å². The third-order valence-electron chi connectivity index (χ3n) is 4.07. The van der Waals surface area contributed by atoms with Gasteiger partial charge in [0.1, 0.15) is 0 Å². The molecular formula is C17H24N2O2. The monoisotopic (exact) mass is 288 g/mol. The number of hydrogen-bond donors (Lipinski definition) is 1. The molecule has 21 heavy (non-hydrogen) atoms. The molecule has 1 heterocycles. The first kappa shape index (κ1) is 15.7. The van der Waals surface area contributed by atoms with E-state index < -0.39 is 0 Å². The average Bonchev–Trinajstić information content (AvgIpc) is 2.47. The summed E-state index contributed by atoms with van der Waals surface area (Å²) in [5, 5.41) is 0. The third-order valence-corrected chi connectivity index (χ3v) is 4.07. The van der Waals surface area contributed by atoms with E-state index in [0.29, 0.717) is 6.54 Å². The van der Waals surface area contributed by atoms with Crippen LogP contribution in [0.3, 0.4) is 0 Å². The molecule has 1 aromatic carbocycles. The van der Waals surface area contributed by atoms with Crippen molar-refractivity contribution in [2.24, 2.45) is 5.73 Å². The minimum Gasteiger partial charge on any atom is -0.341 e. The van der Waals surface area contributed by atoms with E-state index in [2.05, 4.69) is 0 Å². The molecule has 1 aliphatic heterocycles. The topological polar surface area (TPSA) is 63.4 Å². The van der Waals surface area contributed by atoms with Crippen LogP contribution < -0.4 is 5.73 Å². The molecule has 1 unspecified atom stereocenters. The van der Waals surface area contributed by atoms with Gasteiger partial charge in [-0.2, -0.15) is 0 Å². The van der Waals surface area contributed by atoms with Crippen LogP contribution in [-0.4, -0.2) is 35.7 Å². The lowest BCUT2D eigenvalue weighted by molar-refractivity contribution is -0.132. The lowest BCUT2D eigenvalue weighted by atomic mass is 9.99. The van der Waals surface area contributed by atoms with Gasteiger partial charge in [0.15, 0.2) is 5.78 Å². The second-order valence-corrected chi connectivity index (χ2v) is 5.98. The normalized spacial score (nSPS) is 18.6. The number of hydrogen-bond acceptors (Lipinski definition) is 3. The van der Waals surface area contributed by atoms with Crippen molar-refractivity contribution in [1.82, 2.24) is 4.90 Å². The predicted octanol–water partition coefficient (Wildman–Crippen LogP) is 2.22. The van der Waals surface area contributed by atoms with Crippen molar-refractivity contribution < 1.29 is 9.59 Å². The Morgan fingerprint density at radius 1 is 1.29 bits per heavy atom. The van der Waals surface area contributed by atoms with Gasteiger partial charge in [-0.1, -0.05) is 17.7 Å². The van der Waals surface area contributed by atoms with E-state index in [9.17, 15) is 9.59 Å². The van der Waals surface area contributed by atoms with Gasteiger partial charge < -0.3 is 10.6 Å². The number of nitrogens with two attached hydrogens (primary N) is 1. The smallest absolute Gasteiger partial charge is 0.223 e. The van der Waals surface area contributed by atoms with Crippen LogP contribution in [0.15, 0.2) is 18.2 Å². The van der Waals surface area contributed by atoms with Crippen molar-refractivity contribution in [3.63, 3.8) is 0 Å². The first-order valence-corrected chi connectivity index (χ1v) is 7.61. The number of likely N-dealkylation sites (tertiary alicyclic amines) is 1. The Hall–Kier alpha value is -1.68.